The Kier molecular flexibility index (Phi) is 10.2. The second-order valence-electron chi connectivity index (χ2n) is 12.8. The molecule has 1 fully saturated rings. The average molecular weight is 644 g/mol. The minimum absolute atomic E-state index is 0.0296. The standard InChI is InChI=1S/C32H42N3O9P/c1-31(2,3)43-45(39,44-32(4,5)6)42-20-35-19-23(25-24(40-7)18-33-29(41-8)26(25)35)28(37)30(38)34-16-14-22(15-17-34)27(36)21-12-10-9-11-13-21/h9-13,18-19,22H,14-17,20H2,1-8H3. The van der Waals surface area contributed by atoms with Crippen molar-refractivity contribution in [3.63, 3.8) is 0 Å². The molecule has 0 aliphatic carbocycles. The van der Waals surface area contributed by atoms with Gasteiger partial charge in [-0.25, -0.2) is 9.55 Å². The van der Waals surface area contributed by atoms with Crippen LogP contribution >= 0.6 is 7.82 Å². The number of phosphoric acid groups is 1. The van der Waals surface area contributed by atoms with E-state index in [1.54, 1.807) is 53.7 Å². The van der Waals surface area contributed by atoms with E-state index in [9.17, 15) is 18.9 Å². The maximum Gasteiger partial charge on any atom is 0.477 e. The molecule has 1 aliphatic heterocycles. The number of likely N-dealkylation sites (tertiary alicyclic amines) is 1. The highest BCUT2D eigenvalue weighted by atomic mass is 31.2. The zero-order valence-electron chi connectivity index (χ0n) is 27.1. The monoisotopic (exact) mass is 643 g/mol. The summed E-state index contributed by atoms with van der Waals surface area (Å²) in [5.41, 5.74) is -0.780. The molecule has 4 rings (SSSR count). The van der Waals surface area contributed by atoms with Crippen molar-refractivity contribution in [2.45, 2.75) is 72.3 Å². The van der Waals surface area contributed by atoms with Crippen molar-refractivity contribution in [1.82, 2.24) is 14.5 Å². The number of phosphoric ester groups is 1. The number of ketones is 2. The second kappa shape index (κ2) is 13.4. The number of nitrogens with zero attached hydrogens (tertiary/aromatic N) is 3. The summed E-state index contributed by atoms with van der Waals surface area (Å²) < 4.78 is 43.5. The van der Waals surface area contributed by atoms with Gasteiger partial charge in [0.15, 0.2) is 5.78 Å². The Hall–Kier alpha value is -3.57. The fourth-order valence-electron chi connectivity index (χ4n) is 5.17. The minimum Gasteiger partial charge on any atom is -0.494 e. The lowest BCUT2D eigenvalue weighted by Crippen LogP contribution is -2.43. The number of amides is 1. The molecule has 1 amide bonds. The van der Waals surface area contributed by atoms with Crippen LogP contribution in [0, 0.1) is 5.92 Å². The van der Waals surface area contributed by atoms with E-state index in [4.69, 9.17) is 23.0 Å². The van der Waals surface area contributed by atoms with E-state index >= 15 is 0 Å². The largest absolute Gasteiger partial charge is 0.494 e. The Balaban J connectivity index is 1.63. The summed E-state index contributed by atoms with van der Waals surface area (Å²) in [7, 11) is -1.31. The number of fused-ring (bicyclic) bond motifs is 1. The first kappa shape index (κ1) is 34.3. The number of ether oxygens (including phenoxy) is 2. The first-order valence-corrected chi connectivity index (χ1v) is 16.2. The van der Waals surface area contributed by atoms with Crippen molar-refractivity contribution in [2.75, 3.05) is 27.3 Å². The van der Waals surface area contributed by atoms with Crippen LogP contribution < -0.4 is 9.47 Å². The summed E-state index contributed by atoms with van der Waals surface area (Å²) in [6, 6.07) is 9.05. The lowest BCUT2D eigenvalue weighted by Gasteiger charge is -2.31. The topological polar surface area (TPSA) is 135 Å². The number of Topliss-reactive ketones (excluding diaryl/α,β-unsaturated/α-hetero) is 2. The Morgan fingerprint density at radius 1 is 0.933 bits per heavy atom. The molecule has 3 aromatic rings. The molecule has 13 heteroatoms. The van der Waals surface area contributed by atoms with E-state index < -0.39 is 30.7 Å². The predicted molar refractivity (Wildman–Crippen MR) is 168 cm³/mol. The third kappa shape index (κ3) is 8.18. The second-order valence-corrected chi connectivity index (χ2v) is 14.3. The quantitative estimate of drug-likeness (QED) is 0.138. The van der Waals surface area contributed by atoms with Crippen LogP contribution in [0.1, 0.15) is 75.1 Å². The van der Waals surface area contributed by atoms with E-state index in [1.807, 2.05) is 18.2 Å². The third-order valence-electron chi connectivity index (χ3n) is 7.02. The number of benzene rings is 1. The van der Waals surface area contributed by atoms with Gasteiger partial charge in [-0.15, -0.1) is 0 Å². The Bertz CT molecular complexity index is 1580. The average Bonchev–Trinajstić information content (AvgIpc) is 3.37. The van der Waals surface area contributed by atoms with Crippen molar-refractivity contribution in [3.05, 3.63) is 53.9 Å². The van der Waals surface area contributed by atoms with Gasteiger partial charge in [0.05, 0.1) is 42.6 Å². The predicted octanol–water partition coefficient (Wildman–Crippen LogP) is 6.07. The van der Waals surface area contributed by atoms with Crippen molar-refractivity contribution in [1.29, 1.82) is 0 Å². The van der Waals surface area contributed by atoms with E-state index in [2.05, 4.69) is 4.98 Å². The number of carbonyl (C=O) groups excluding carboxylic acids is 3. The molecule has 1 aliphatic rings. The van der Waals surface area contributed by atoms with Crippen LogP contribution in [0.4, 0.5) is 0 Å². The van der Waals surface area contributed by atoms with Crippen LogP contribution in [-0.2, 0) is 29.7 Å². The fourth-order valence-corrected chi connectivity index (χ4v) is 6.92. The SMILES string of the molecule is COc1cnc(OC)c2c1c(C(=O)C(=O)N1CCC(C(=O)c3ccccc3)CC1)cn2COP(=O)(OC(C)(C)C)OC(C)(C)C. The van der Waals surface area contributed by atoms with Gasteiger partial charge in [0.1, 0.15) is 18.0 Å². The summed E-state index contributed by atoms with van der Waals surface area (Å²) in [6.45, 7) is 10.5. The van der Waals surface area contributed by atoms with E-state index in [0.717, 1.165) is 0 Å². The first-order valence-electron chi connectivity index (χ1n) is 14.7. The normalized spacial score (nSPS) is 14.9. The van der Waals surface area contributed by atoms with Gasteiger partial charge in [-0.3, -0.25) is 28.0 Å². The van der Waals surface area contributed by atoms with Crippen molar-refractivity contribution >= 4 is 36.2 Å². The molecule has 0 bridgehead atoms. The highest BCUT2D eigenvalue weighted by Gasteiger charge is 2.38. The molecular weight excluding hydrogens is 601 g/mol. The van der Waals surface area contributed by atoms with E-state index in [-0.39, 0.29) is 54.1 Å². The van der Waals surface area contributed by atoms with Gasteiger partial charge in [-0.05, 0) is 54.4 Å². The molecule has 0 spiro atoms. The van der Waals surface area contributed by atoms with Gasteiger partial charge in [0.2, 0.25) is 5.88 Å². The molecule has 12 nitrogen and oxygen atoms in total. The number of carbonyl (C=O) groups is 3. The molecule has 244 valence electrons. The van der Waals surface area contributed by atoms with Gasteiger partial charge in [-0.1, -0.05) is 30.3 Å². The molecule has 45 heavy (non-hydrogen) atoms. The van der Waals surface area contributed by atoms with E-state index in [0.29, 0.717) is 23.9 Å². The summed E-state index contributed by atoms with van der Waals surface area (Å²) >= 11 is 0. The van der Waals surface area contributed by atoms with Gasteiger partial charge < -0.3 is 18.9 Å². The minimum atomic E-state index is -4.14. The van der Waals surface area contributed by atoms with Crippen LogP contribution in [-0.4, -0.2) is 70.4 Å². The zero-order valence-corrected chi connectivity index (χ0v) is 28.0. The summed E-state index contributed by atoms with van der Waals surface area (Å²) in [6.07, 6.45) is 3.70. The number of pyridine rings is 1. The summed E-state index contributed by atoms with van der Waals surface area (Å²) in [4.78, 5) is 46.1. The van der Waals surface area contributed by atoms with Crippen molar-refractivity contribution in [2.24, 2.45) is 5.92 Å². The molecule has 0 atom stereocenters. The van der Waals surface area contributed by atoms with Crippen LogP contribution in [0.25, 0.3) is 10.9 Å². The first-order chi connectivity index (χ1) is 21.1. The highest BCUT2D eigenvalue weighted by molar-refractivity contribution is 7.48. The molecule has 1 aromatic carbocycles. The van der Waals surface area contributed by atoms with Gasteiger partial charge in [0.25, 0.3) is 11.7 Å². The molecule has 3 heterocycles. The highest BCUT2D eigenvalue weighted by Crippen LogP contribution is 2.56. The Labute approximate surface area is 263 Å². The maximum absolute atomic E-state index is 13.8. The number of methoxy groups -OCH3 is 2. The fraction of sp³-hybridized carbons (Fsp3) is 0.500. The molecule has 0 unspecified atom stereocenters. The van der Waals surface area contributed by atoms with Crippen molar-refractivity contribution in [3.8, 4) is 11.6 Å². The molecule has 0 N–H and O–H groups in total. The van der Waals surface area contributed by atoms with E-state index in [1.165, 1.54) is 36.1 Å². The molecule has 0 radical (unpaired) electrons. The van der Waals surface area contributed by atoms with Crippen LogP contribution in [0.5, 0.6) is 11.6 Å². The lowest BCUT2D eigenvalue weighted by atomic mass is 9.88. The summed E-state index contributed by atoms with van der Waals surface area (Å²) in [5, 5.41) is 0.281. The smallest absolute Gasteiger partial charge is 0.477 e. The molecule has 0 saturated carbocycles. The molecule has 2 aromatic heterocycles. The maximum atomic E-state index is 13.8. The summed E-state index contributed by atoms with van der Waals surface area (Å²) in [5.74, 6) is -1.33. The third-order valence-corrected chi connectivity index (χ3v) is 8.99. The van der Waals surface area contributed by atoms with Crippen molar-refractivity contribution < 1.29 is 42.0 Å². The van der Waals surface area contributed by atoms with Gasteiger partial charge in [-0.2, -0.15) is 0 Å². The van der Waals surface area contributed by atoms with Gasteiger partial charge in [0, 0.05) is 30.8 Å². The Morgan fingerprint density at radius 2 is 1.53 bits per heavy atom. The number of aromatic nitrogens is 2. The number of rotatable bonds is 11. The van der Waals surface area contributed by atoms with Crippen LogP contribution in [0.3, 0.4) is 0 Å². The molecular formula is C32H42N3O9P. The van der Waals surface area contributed by atoms with Crippen LogP contribution in [0.2, 0.25) is 0 Å². The lowest BCUT2D eigenvalue weighted by molar-refractivity contribution is -0.127. The number of hydrogen-bond donors (Lipinski definition) is 0. The Morgan fingerprint density at radius 3 is 2.07 bits per heavy atom. The zero-order chi connectivity index (χ0) is 33.2. The number of piperidine rings is 1. The van der Waals surface area contributed by atoms with Gasteiger partial charge >= 0.3 is 7.82 Å². The molecule has 1 saturated heterocycles. The number of hydrogen-bond acceptors (Lipinski definition) is 10. The van der Waals surface area contributed by atoms with Crippen LogP contribution in [0.15, 0.2) is 42.7 Å².